The van der Waals surface area contributed by atoms with Gasteiger partial charge < -0.3 is 9.55 Å². The van der Waals surface area contributed by atoms with E-state index in [0.29, 0.717) is 11.6 Å². The number of nitrogens with zero attached hydrogens (tertiary/aromatic N) is 3. The number of rotatable bonds is 2. The predicted octanol–water partition coefficient (Wildman–Crippen LogP) is 1.60. The van der Waals surface area contributed by atoms with Crippen LogP contribution in [0, 0.1) is 6.92 Å². The van der Waals surface area contributed by atoms with Gasteiger partial charge in [-0.15, -0.1) is 0 Å². The van der Waals surface area contributed by atoms with Crippen LogP contribution in [0.4, 0.5) is 0 Å². The van der Waals surface area contributed by atoms with Crippen molar-refractivity contribution >= 4 is 0 Å². The third-order valence-electron chi connectivity index (χ3n) is 2.76. The van der Waals surface area contributed by atoms with Gasteiger partial charge in [-0.25, -0.2) is 9.97 Å². The first kappa shape index (κ1) is 11.6. The zero-order valence-electron chi connectivity index (χ0n) is 10.5. The highest BCUT2D eigenvalue weighted by molar-refractivity contribution is 5.44. The third-order valence-corrected chi connectivity index (χ3v) is 2.76. The van der Waals surface area contributed by atoms with E-state index in [2.05, 4.69) is 15.0 Å². The molecule has 0 aromatic carbocycles. The summed E-state index contributed by atoms with van der Waals surface area (Å²) >= 11 is 0. The van der Waals surface area contributed by atoms with Gasteiger partial charge in [0.2, 0.25) is 0 Å². The number of aromatic nitrogens is 4. The maximum absolute atomic E-state index is 12.0. The lowest BCUT2D eigenvalue weighted by molar-refractivity contribution is 0.808. The maximum Gasteiger partial charge on any atom is 0.254 e. The molecule has 17 heavy (non-hydrogen) atoms. The van der Waals surface area contributed by atoms with Crippen LogP contribution < -0.4 is 5.56 Å². The van der Waals surface area contributed by atoms with Crippen LogP contribution in [0.1, 0.15) is 31.0 Å². The van der Waals surface area contributed by atoms with E-state index in [1.165, 1.54) is 0 Å². The molecule has 90 valence electrons. The fourth-order valence-corrected chi connectivity index (χ4v) is 1.97. The third kappa shape index (κ3) is 2.00. The van der Waals surface area contributed by atoms with Gasteiger partial charge in [-0.3, -0.25) is 4.79 Å². The smallest absolute Gasteiger partial charge is 0.254 e. The summed E-state index contributed by atoms with van der Waals surface area (Å²) in [5, 5.41) is 0. The van der Waals surface area contributed by atoms with Gasteiger partial charge in [-0.1, -0.05) is 13.8 Å². The number of aromatic amines is 1. The second-order valence-electron chi connectivity index (χ2n) is 4.43. The molecule has 0 bridgehead atoms. The molecule has 0 aliphatic heterocycles. The van der Waals surface area contributed by atoms with Gasteiger partial charge in [-0.2, -0.15) is 0 Å². The Labute approximate surface area is 99.6 Å². The topological polar surface area (TPSA) is 63.6 Å². The first-order valence-electron chi connectivity index (χ1n) is 5.59. The van der Waals surface area contributed by atoms with E-state index in [9.17, 15) is 4.79 Å². The standard InChI is InChI=1S/C12H16N4O/c1-7(2)9-8(3)14-10(15-12(9)17)11-13-5-6-16(11)4/h5-7H,1-4H3,(H,14,15,17). The van der Waals surface area contributed by atoms with Crippen LogP contribution in [-0.4, -0.2) is 19.5 Å². The lowest BCUT2D eigenvalue weighted by atomic mass is 10.0. The molecule has 5 nitrogen and oxygen atoms in total. The van der Waals surface area contributed by atoms with Crippen molar-refractivity contribution in [1.29, 1.82) is 0 Å². The first-order valence-corrected chi connectivity index (χ1v) is 5.59. The second kappa shape index (κ2) is 4.16. The molecule has 2 rings (SSSR count). The van der Waals surface area contributed by atoms with Crippen molar-refractivity contribution < 1.29 is 0 Å². The molecule has 0 amide bonds. The zero-order valence-corrected chi connectivity index (χ0v) is 10.5. The molecule has 0 spiro atoms. The maximum atomic E-state index is 12.0. The number of H-pyrrole nitrogens is 1. The monoisotopic (exact) mass is 232 g/mol. The van der Waals surface area contributed by atoms with Gasteiger partial charge in [0.15, 0.2) is 11.6 Å². The molecule has 0 radical (unpaired) electrons. The number of nitrogens with one attached hydrogen (secondary N) is 1. The fourth-order valence-electron chi connectivity index (χ4n) is 1.97. The van der Waals surface area contributed by atoms with E-state index < -0.39 is 0 Å². The van der Waals surface area contributed by atoms with Gasteiger partial charge in [0.25, 0.3) is 5.56 Å². The molecule has 0 fully saturated rings. The molecule has 2 aromatic rings. The molecular formula is C12H16N4O. The summed E-state index contributed by atoms with van der Waals surface area (Å²) in [6.07, 6.45) is 3.50. The van der Waals surface area contributed by atoms with Gasteiger partial charge in [0.05, 0.1) is 0 Å². The predicted molar refractivity (Wildman–Crippen MR) is 65.9 cm³/mol. The summed E-state index contributed by atoms with van der Waals surface area (Å²) in [5.41, 5.74) is 1.43. The SMILES string of the molecule is Cc1nc(-c2nccn2C)[nH]c(=O)c1C(C)C. The fraction of sp³-hybridized carbons (Fsp3) is 0.417. The van der Waals surface area contributed by atoms with Crippen LogP contribution in [0.2, 0.25) is 0 Å². The summed E-state index contributed by atoms with van der Waals surface area (Å²) < 4.78 is 1.83. The Morgan fingerprint density at radius 2 is 2.12 bits per heavy atom. The van der Waals surface area contributed by atoms with E-state index >= 15 is 0 Å². The van der Waals surface area contributed by atoms with Crippen LogP contribution in [-0.2, 0) is 7.05 Å². The van der Waals surface area contributed by atoms with Gasteiger partial charge in [-0.05, 0) is 12.8 Å². The molecular weight excluding hydrogens is 216 g/mol. The lowest BCUT2D eigenvalue weighted by Gasteiger charge is -2.09. The average Bonchev–Trinajstić information content (AvgIpc) is 2.62. The van der Waals surface area contributed by atoms with E-state index in [-0.39, 0.29) is 11.5 Å². The van der Waals surface area contributed by atoms with Gasteiger partial charge in [0.1, 0.15) is 0 Å². The highest BCUT2D eigenvalue weighted by Crippen LogP contribution is 2.16. The van der Waals surface area contributed by atoms with E-state index in [4.69, 9.17) is 0 Å². The molecule has 2 heterocycles. The molecule has 0 unspecified atom stereocenters. The van der Waals surface area contributed by atoms with Crippen molar-refractivity contribution in [2.45, 2.75) is 26.7 Å². The number of hydrogen-bond donors (Lipinski definition) is 1. The number of hydrogen-bond acceptors (Lipinski definition) is 3. The summed E-state index contributed by atoms with van der Waals surface area (Å²) in [6.45, 7) is 5.83. The normalized spacial score (nSPS) is 11.1. The minimum Gasteiger partial charge on any atom is -0.331 e. The average molecular weight is 232 g/mol. The zero-order chi connectivity index (χ0) is 12.6. The first-order chi connectivity index (χ1) is 8.00. The van der Waals surface area contributed by atoms with Gasteiger partial charge in [0, 0.05) is 30.7 Å². The Morgan fingerprint density at radius 1 is 1.41 bits per heavy atom. The van der Waals surface area contributed by atoms with Crippen LogP contribution in [0.5, 0.6) is 0 Å². The van der Waals surface area contributed by atoms with Crippen molar-refractivity contribution in [1.82, 2.24) is 19.5 Å². The summed E-state index contributed by atoms with van der Waals surface area (Å²) in [5.74, 6) is 1.35. The summed E-state index contributed by atoms with van der Waals surface area (Å²) in [6, 6.07) is 0. The van der Waals surface area contributed by atoms with E-state index in [0.717, 1.165) is 11.3 Å². The Bertz CT molecular complexity index is 595. The number of imidazole rings is 1. The van der Waals surface area contributed by atoms with Crippen LogP contribution >= 0.6 is 0 Å². The van der Waals surface area contributed by atoms with Crippen molar-refractivity contribution in [3.05, 3.63) is 34.0 Å². The van der Waals surface area contributed by atoms with Crippen molar-refractivity contribution in [3.63, 3.8) is 0 Å². The van der Waals surface area contributed by atoms with Gasteiger partial charge >= 0.3 is 0 Å². The van der Waals surface area contributed by atoms with Crippen molar-refractivity contribution in [2.75, 3.05) is 0 Å². The summed E-state index contributed by atoms with van der Waals surface area (Å²) in [7, 11) is 1.87. The van der Waals surface area contributed by atoms with Crippen molar-refractivity contribution in [2.24, 2.45) is 7.05 Å². The molecule has 0 aliphatic carbocycles. The highest BCUT2D eigenvalue weighted by atomic mass is 16.1. The molecule has 0 atom stereocenters. The van der Waals surface area contributed by atoms with Crippen molar-refractivity contribution in [3.8, 4) is 11.6 Å². The van der Waals surface area contributed by atoms with E-state index in [1.807, 2.05) is 38.6 Å². The second-order valence-corrected chi connectivity index (χ2v) is 4.43. The molecule has 0 saturated heterocycles. The lowest BCUT2D eigenvalue weighted by Crippen LogP contribution is -2.19. The quantitative estimate of drug-likeness (QED) is 0.855. The molecule has 0 aliphatic rings. The highest BCUT2D eigenvalue weighted by Gasteiger charge is 2.14. The van der Waals surface area contributed by atoms with Crippen LogP contribution in [0.3, 0.4) is 0 Å². The summed E-state index contributed by atoms with van der Waals surface area (Å²) in [4.78, 5) is 23.4. The molecule has 0 saturated carbocycles. The molecule has 5 heteroatoms. The Hall–Kier alpha value is -1.91. The minimum atomic E-state index is -0.0782. The Morgan fingerprint density at radius 3 is 2.59 bits per heavy atom. The van der Waals surface area contributed by atoms with Crippen LogP contribution in [0.25, 0.3) is 11.6 Å². The molecule has 2 aromatic heterocycles. The number of aryl methyl sites for hydroxylation is 2. The minimum absolute atomic E-state index is 0.0782. The Balaban J connectivity index is 2.61. The van der Waals surface area contributed by atoms with Crippen LogP contribution in [0.15, 0.2) is 17.2 Å². The Kier molecular flexibility index (Phi) is 2.83. The molecule has 1 N–H and O–H groups in total. The largest absolute Gasteiger partial charge is 0.331 e. The van der Waals surface area contributed by atoms with E-state index in [1.54, 1.807) is 6.20 Å².